The van der Waals surface area contributed by atoms with Crippen molar-refractivity contribution in [3.05, 3.63) is 82.9 Å². The Labute approximate surface area is 171 Å². The quantitative estimate of drug-likeness (QED) is 0.423. The van der Waals surface area contributed by atoms with Crippen LogP contribution < -0.4 is 5.56 Å². The maximum Gasteiger partial charge on any atom is 0.416 e. The van der Waals surface area contributed by atoms with Crippen LogP contribution in [0.15, 0.2) is 71.8 Å². The summed E-state index contributed by atoms with van der Waals surface area (Å²) in [7, 11) is 0. The Bertz CT molecular complexity index is 1260. The summed E-state index contributed by atoms with van der Waals surface area (Å²) >= 11 is 0. The summed E-state index contributed by atoms with van der Waals surface area (Å²) < 4.78 is 43.1. The molecule has 0 bridgehead atoms. The molecule has 7 heteroatoms. The minimum Gasteiger partial charge on any atom is -0.296 e. The predicted octanol–water partition coefficient (Wildman–Crippen LogP) is 5.84. The smallest absolute Gasteiger partial charge is 0.296 e. The molecule has 4 rings (SSSR count). The van der Waals surface area contributed by atoms with Gasteiger partial charge in [-0.1, -0.05) is 43.3 Å². The van der Waals surface area contributed by atoms with Crippen LogP contribution in [0.1, 0.15) is 31.9 Å². The van der Waals surface area contributed by atoms with Crippen molar-refractivity contribution in [1.82, 2.24) is 14.1 Å². The molecule has 4 aromatic rings. The normalized spacial score (nSPS) is 13.0. The maximum atomic E-state index is 13.3. The maximum absolute atomic E-state index is 13.3. The molecular formula is C23H20F3N3O. The largest absolute Gasteiger partial charge is 0.416 e. The monoisotopic (exact) mass is 411 g/mol. The lowest BCUT2D eigenvalue weighted by atomic mass is 10.1. The molecule has 0 aliphatic rings. The first-order chi connectivity index (χ1) is 14.3. The van der Waals surface area contributed by atoms with E-state index in [9.17, 15) is 18.0 Å². The number of nitrogens with zero attached hydrogens (tertiary/aromatic N) is 3. The molecule has 0 fully saturated rings. The zero-order chi connectivity index (χ0) is 21.5. The van der Waals surface area contributed by atoms with Crippen LogP contribution in [0.5, 0.6) is 0 Å². The van der Waals surface area contributed by atoms with E-state index in [2.05, 4.69) is 4.98 Å². The Balaban J connectivity index is 2.05. The van der Waals surface area contributed by atoms with E-state index in [1.165, 1.54) is 12.4 Å². The van der Waals surface area contributed by atoms with Crippen LogP contribution >= 0.6 is 0 Å². The van der Waals surface area contributed by atoms with E-state index in [0.717, 1.165) is 24.1 Å². The van der Waals surface area contributed by atoms with Crippen molar-refractivity contribution < 1.29 is 13.2 Å². The zero-order valence-corrected chi connectivity index (χ0v) is 16.5. The van der Waals surface area contributed by atoms with Crippen LogP contribution in [-0.2, 0) is 6.18 Å². The van der Waals surface area contributed by atoms with E-state index in [1.54, 1.807) is 21.3 Å². The SMILES string of the molecule is CCC(C)n1cnc2c(cc(-c3ccccc3)n2-c2cccc(C(F)(F)F)c2)c1=O. The molecule has 154 valence electrons. The van der Waals surface area contributed by atoms with Gasteiger partial charge >= 0.3 is 6.18 Å². The van der Waals surface area contributed by atoms with Crippen LogP contribution in [0.4, 0.5) is 13.2 Å². The van der Waals surface area contributed by atoms with Crippen molar-refractivity contribution in [3.8, 4) is 16.9 Å². The average molecular weight is 411 g/mol. The first-order valence-corrected chi connectivity index (χ1v) is 9.67. The first-order valence-electron chi connectivity index (χ1n) is 9.67. The molecule has 4 nitrogen and oxygen atoms in total. The van der Waals surface area contributed by atoms with Gasteiger partial charge in [0.15, 0.2) is 5.65 Å². The topological polar surface area (TPSA) is 39.8 Å². The highest BCUT2D eigenvalue weighted by atomic mass is 19.4. The first kappa shape index (κ1) is 19.9. The summed E-state index contributed by atoms with van der Waals surface area (Å²) in [5, 5.41) is 0.370. The molecule has 0 N–H and O–H groups in total. The fourth-order valence-corrected chi connectivity index (χ4v) is 3.51. The van der Waals surface area contributed by atoms with E-state index in [0.29, 0.717) is 22.4 Å². The highest BCUT2D eigenvalue weighted by molar-refractivity contribution is 5.86. The second-order valence-corrected chi connectivity index (χ2v) is 7.23. The lowest BCUT2D eigenvalue weighted by molar-refractivity contribution is -0.137. The van der Waals surface area contributed by atoms with Gasteiger partial charge in [-0.15, -0.1) is 0 Å². The van der Waals surface area contributed by atoms with Crippen molar-refractivity contribution in [2.75, 3.05) is 0 Å². The van der Waals surface area contributed by atoms with Gasteiger partial charge in [0.05, 0.1) is 16.6 Å². The fourth-order valence-electron chi connectivity index (χ4n) is 3.51. The van der Waals surface area contributed by atoms with E-state index in [4.69, 9.17) is 0 Å². The Morgan fingerprint density at radius 3 is 2.43 bits per heavy atom. The lowest BCUT2D eigenvalue weighted by Gasteiger charge is -2.14. The van der Waals surface area contributed by atoms with Crippen LogP contribution in [0.3, 0.4) is 0 Å². The molecule has 2 heterocycles. The van der Waals surface area contributed by atoms with Crippen LogP contribution in [0.25, 0.3) is 28.0 Å². The lowest BCUT2D eigenvalue weighted by Crippen LogP contribution is -2.23. The summed E-state index contributed by atoms with van der Waals surface area (Å²) in [6.07, 6.45) is -2.24. The molecule has 1 unspecified atom stereocenters. The summed E-state index contributed by atoms with van der Waals surface area (Å²) in [5.74, 6) is 0. The van der Waals surface area contributed by atoms with E-state index in [-0.39, 0.29) is 11.6 Å². The molecule has 2 aromatic carbocycles. The Morgan fingerprint density at radius 1 is 1.03 bits per heavy atom. The Morgan fingerprint density at radius 2 is 1.77 bits per heavy atom. The number of hydrogen-bond acceptors (Lipinski definition) is 2. The van der Waals surface area contributed by atoms with Crippen LogP contribution in [-0.4, -0.2) is 14.1 Å². The van der Waals surface area contributed by atoms with Crippen LogP contribution in [0, 0.1) is 0 Å². The van der Waals surface area contributed by atoms with Crippen molar-refractivity contribution in [1.29, 1.82) is 0 Å². The summed E-state index contributed by atoms with van der Waals surface area (Å²) in [6, 6.07) is 16.0. The number of alkyl halides is 3. The minimum atomic E-state index is -4.47. The third-order valence-corrected chi connectivity index (χ3v) is 5.31. The third-order valence-electron chi connectivity index (χ3n) is 5.31. The van der Waals surface area contributed by atoms with Crippen molar-refractivity contribution in [2.24, 2.45) is 0 Å². The van der Waals surface area contributed by atoms with Gasteiger partial charge in [0.25, 0.3) is 5.56 Å². The second kappa shape index (κ2) is 7.48. The van der Waals surface area contributed by atoms with Crippen molar-refractivity contribution in [3.63, 3.8) is 0 Å². The number of rotatable bonds is 4. The average Bonchev–Trinajstić information content (AvgIpc) is 3.14. The molecule has 1 atom stereocenters. The number of benzene rings is 2. The van der Waals surface area contributed by atoms with E-state index in [1.807, 2.05) is 44.2 Å². The summed E-state index contributed by atoms with van der Waals surface area (Å²) in [6.45, 7) is 3.90. The summed E-state index contributed by atoms with van der Waals surface area (Å²) in [4.78, 5) is 17.6. The van der Waals surface area contributed by atoms with Gasteiger partial charge in [0.2, 0.25) is 0 Å². The molecule has 0 aliphatic carbocycles. The van der Waals surface area contributed by atoms with Gasteiger partial charge in [-0.3, -0.25) is 13.9 Å². The highest BCUT2D eigenvalue weighted by Gasteiger charge is 2.31. The zero-order valence-electron chi connectivity index (χ0n) is 16.5. The highest BCUT2D eigenvalue weighted by Crippen LogP contribution is 2.34. The van der Waals surface area contributed by atoms with Gasteiger partial charge < -0.3 is 0 Å². The Kier molecular flexibility index (Phi) is 4.97. The van der Waals surface area contributed by atoms with Crippen LogP contribution in [0.2, 0.25) is 0 Å². The van der Waals surface area contributed by atoms with Gasteiger partial charge in [0.1, 0.15) is 6.33 Å². The fraction of sp³-hybridized carbons (Fsp3) is 0.217. The number of fused-ring (bicyclic) bond motifs is 1. The predicted molar refractivity (Wildman–Crippen MR) is 111 cm³/mol. The molecule has 0 radical (unpaired) electrons. The molecule has 0 saturated carbocycles. The number of hydrogen-bond donors (Lipinski definition) is 0. The molecule has 2 aromatic heterocycles. The van der Waals surface area contributed by atoms with Gasteiger partial charge in [-0.2, -0.15) is 13.2 Å². The van der Waals surface area contributed by atoms with Gasteiger partial charge in [-0.25, -0.2) is 4.98 Å². The second-order valence-electron chi connectivity index (χ2n) is 7.23. The molecule has 0 aliphatic heterocycles. The van der Waals surface area contributed by atoms with Gasteiger partial charge in [0, 0.05) is 11.7 Å². The van der Waals surface area contributed by atoms with Crippen molar-refractivity contribution >= 4 is 11.0 Å². The van der Waals surface area contributed by atoms with Gasteiger partial charge in [-0.05, 0) is 43.2 Å². The summed E-state index contributed by atoms with van der Waals surface area (Å²) in [5.41, 5.74) is 1.05. The molecular weight excluding hydrogens is 391 g/mol. The molecule has 0 spiro atoms. The standard InChI is InChI=1S/C23H20F3N3O/c1-3-15(2)28-14-27-21-19(22(28)30)13-20(16-8-5-4-6-9-16)29(21)18-11-7-10-17(12-18)23(24,25)26/h4-15H,3H2,1-2H3. The Hall–Kier alpha value is -3.35. The third kappa shape index (κ3) is 3.40. The molecule has 0 saturated heterocycles. The van der Waals surface area contributed by atoms with E-state index >= 15 is 0 Å². The number of aromatic nitrogens is 3. The van der Waals surface area contributed by atoms with E-state index < -0.39 is 11.7 Å². The molecule has 0 amide bonds. The molecule has 30 heavy (non-hydrogen) atoms. The minimum absolute atomic E-state index is 0.0357. The number of halogens is 3. The van der Waals surface area contributed by atoms with Crippen molar-refractivity contribution in [2.45, 2.75) is 32.5 Å².